The van der Waals surface area contributed by atoms with E-state index < -0.39 is 12.1 Å². The van der Waals surface area contributed by atoms with E-state index in [1.807, 2.05) is 6.07 Å². The summed E-state index contributed by atoms with van der Waals surface area (Å²) >= 11 is 0. The molecule has 4 rings (SSSR count). The third-order valence-electron chi connectivity index (χ3n) is 4.24. The number of aliphatic carboxylic acids is 1. The summed E-state index contributed by atoms with van der Waals surface area (Å²) in [5.41, 5.74) is 4.64. The number of hydrogen-bond donors (Lipinski definition) is 3. The van der Waals surface area contributed by atoms with Crippen LogP contribution in [-0.2, 0) is 4.79 Å². The van der Waals surface area contributed by atoms with Gasteiger partial charge in [-0.15, -0.1) is 0 Å². The zero-order valence-corrected chi connectivity index (χ0v) is 14.3. The van der Waals surface area contributed by atoms with Gasteiger partial charge >= 0.3 is 12.1 Å². The molecule has 1 aromatic heterocycles. The quantitative estimate of drug-likeness (QED) is 0.623. The summed E-state index contributed by atoms with van der Waals surface area (Å²) in [6, 6.07) is 17.3. The number of H-pyrrole nitrogens is 1. The van der Waals surface area contributed by atoms with Gasteiger partial charge in [-0.05, 0) is 42.6 Å². The number of aromatic nitrogens is 2. The number of aromatic amines is 1. The zero-order chi connectivity index (χ0) is 19.4. The van der Waals surface area contributed by atoms with Crippen molar-refractivity contribution in [3.63, 3.8) is 0 Å². The number of carboxylic acid groups (broad SMARTS) is 1. The van der Waals surface area contributed by atoms with E-state index in [9.17, 15) is 13.2 Å². The molecule has 1 aliphatic rings. The largest absolute Gasteiger partial charge is 0.490 e. The number of imidazole rings is 1. The number of nitrogens with zero attached hydrogens (tertiary/aromatic N) is 1. The number of nitrogens with one attached hydrogen (secondary N) is 2. The van der Waals surface area contributed by atoms with E-state index in [0.717, 1.165) is 23.4 Å². The lowest BCUT2D eigenvalue weighted by molar-refractivity contribution is -0.192. The highest BCUT2D eigenvalue weighted by molar-refractivity contribution is 5.82. The first-order valence-corrected chi connectivity index (χ1v) is 8.43. The van der Waals surface area contributed by atoms with E-state index >= 15 is 0 Å². The molecule has 0 bridgehead atoms. The summed E-state index contributed by atoms with van der Waals surface area (Å²) in [5, 5.41) is 10.6. The molecule has 1 aliphatic heterocycles. The van der Waals surface area contributed by atoms with Gasteiger partial charge in [-0.25, -0.2) is 9.78 Å². The normalized spacial score (nSPS) is 16.8. The molecule has 1 fully saturated rings. The maximum Gasteiger partial charge on any atom is 0.490 e. The van der Waals surface area contributed by atoms with Gasteiger partial charge in [-0.2, -0.15) is 13.2 Å². The predicted octanol–water partition coefficient (Wildman–Crippen LogP) is 4.29. The fourth-order valence-electron chi connectivity index (χ4n) is 2.92. The number of hydrogen-bond acceptors (Lipinski definition) is 3. The molecule has 0 amide bonds. The average molecular weight is 377 g/mol. The van der Waals surface area contributed by atoms with E-state index in [-0.39, 0.29) is 0 Å². The highest BCUT2D eigenvalue weighted by Crippen LogP contribution is 2.26. The molecular weight excluding hydrogens is 359 g/mol. The molecular formula is C19H18F3N3O2. The Balaban J connectivity index is 0.000000260. The fourth-order valence-corrected chi connectivity index (χ4v) is 2.92. The Kier molecular flexibility index (Phi) is 5.46. The number of alkyl halides is 3. The summed E-state index contributed by atoms with van der Waals surface area (Å²) < 4.78 is 31.7. The Morgan fingerprint density at radius 3 is 2.41 bits per heavy atom. The minimum atomic E-state index is -5.08. The van der Waals surface area contributed by atoms with Gasteiger partial charge in [0.25, 0.3) is 0 Å². The predicted molar refractivity (Wildman–Crippen MR) is 95.2 cm³/mol. The number of carbonyl (C=O) groups is 1. The topological polar surface area (TPSA) is 78.0 Å². The van der Waals surface area contributed by atoms with Crippen LogP contribution in [0, 0.1) is 0 Å². The number of benzene rings is 2. The van der Waals surface area contributed by atoms with Crippen LogP contribution in [0.4, 0.5) is 13.2 Å². The van der Waals surface area contributed by atoms with Gasteiger partial charge in [-0.3, -0.25) is 0 Å². The minimum absolute atomic E-state index is 0.391. The van der Waals surface area contributed by atoms with E-state index in [1.54, 1.807) is 0 Å². The molecule has 0 aliphatic carbocycles. The summed E-state index contributed by atoms with van der Waals surface area (Å²) in [4.78, 5) is 17.1. The summed E-state index contributed by atoms with van der Waals surface area (Å²) in [6.45, 7) is 1.09. The van der Waals surface area contributed by atoms with E-state index in [1.165, 1.54) is 24.0 Å². The molecule has 0 saturated carbocycles. The SMILES string of the molecule is O=C(O)C(F)(F)F.c1ccc(-c2ccc3nc([C@@H]4CCCN4)[nH]c3c2)cc1. The van der Waals surface area contributed by atoms with Gasteiger partial charge in [0, 0.05) is 0 Å². The lowest BCUT2D eigenvalue weighted by atomic mass is 10.1. The average Bonchev–Trinajstić information content (AvgIpc) is 3.31. The summed E-state index contributed by atoms with van der Waals surface area (Å²) in [5.74, 6) is -1.68. The number of halogens is 3. The molecule has 2 aromatic carbocycles. The number of carboxylic acids is 1. The first kappa shape index (κ1) is 18.9. The molecule has 1 atom stereocenters. The second-order valence-electron chi connectivity index (χ2n) is 6.17. The highest BCUT2D eigenvalue weighted by atomic mass is 19.4. The van der Waals surface area contributed by atoms with Crippen molar-refractivity contribution in [2.24, 2.45) is 0 Å². The second kappa shape index (κ2) is 7.79. The highest BCUT2D eigenvalue weighted by Gasteiger charge is 2.38. The molecule has 5 nitrogen and oxygen atoms in total. The van der Waals surface area contributed by atoms with E-state index in [4.69, 9.17) is 14.9 Å². The lowest BCUT2D eigenvalue weighted by Gasteiger charge is -2.04. The van der Waals surface area contributed by atoms with Crippen LogP contribution < -0.4 is 5.32 Å². The van der Waals surface area contributed by atoms with Crippen molar-refractivity contribution in [3.8, 4) is 11.1 Å². The molecule has 3 N–H and O–H groups in total. The second-order valence-corrected chi connectivity index (χ2v) is 6.17. The van der Waals surface area contributed by atoms with Crippen molar-refractivity contribution in [2.75, 3.05) is 6.54 Å². The van der Waals surface area contributed by atoms with Crippen molar-refractivity contribution in [2.45, 2.75) is 25.1 Å². The van der Waals surface area contributed by atoms with Gasteiger partial charge < -0.3 is 15.4 Å². The Hall–Kier alpha value is -2.87. The van der Waals surface area contributed by atoms with E-state index in [2.05, 4.69) is 52.8 Å². The van der Waals surface area contributed by atoms with Gasteiger partial charge in [-0.1, -0.05) is 36.4 Å². The van der Waals surface area contributed by atoms with Crippen LogP contribution in [0.15, 0.2) is 48.5 Å². The summed E-state index contributed by atoms with van der Waals surface area (Å²) in [6.07, 6.45) is -2.68. The Bertz CT molecular complexity index is 917. The maximum atomic E-state index is 10.6. The Morgan fingerprint density at radius 1 is 1.11 bits per heavy atom. The van der Waals surface area contributed by atoms with Crippen LogP contribution in [0.5, 0.6) is 0 Å². The van der Waals surface area contributed by atoms with Crippen molar-refractivity contribution >= 4 is 17.0 Å². The third kappa shape index (κ3) is 4.65. The van der Waals surface area contributed by atoms with Crippen molar-refractivity contribution < 1.29 is 23.1 Å². The van der Waals surface area contributed by atoms with Gasteiger partial charge in [0.05, 0.1) is 17.1 Å². The van der Waals surface area contributed by atoms with Crippen molar-refractivity contribution in [1.29, 1.82) is 0 Å². The van der Waals surface area contributed by atoms with Gasteiger partial charge in [0.1, 0.15) is 5.82 Å². The molecule has 8 heteroatoms. The maximum absolute atomic E-state index is 10.6. The smallest absolute Gasteiger partial charge is 0.475 e. The van der Waals surface area contributed by atoms with Crippen LogP contribution in [0.3, 0.4) is 0 Å². The number of rotatable bonds is 2. The first-order chi connectivity index (χ1) is 12.8. The third-order valence-corrected chi connectivity index (χ3v) is 4.24. The van der Waals surface area contributed by atoms with Crippen molar-refractivity contribution in [3.05, 3.63) is 54.4 Å². The fraction of sp³-hybridized carbons (Fsp3) is 0.263. The van der Waals surface area contributed by atoms with Gasteiger partial charge in [0.15, 0.2) is 0 Å². The van der Waals surface area contributed by atoms with Crippen LogP contribution in [0.25, 0.3) is 22.2 Å². The molecule has 2 heterocycles. The molecule has 3 aromatic rings. The lowest BCUT2D eigenvalue weighted by Crippen LogP contribution is -2.21. The number of fused-ring (bicyclic) bond motifs is 1. The molecule has 142 valence electrons. The first-order valence-electron chi connectivity index (χ1n) is 8.43. The molecule has 0 radical (unpaired) electrons. The molecule has 0 spiro atoms. The minimum Gasteiger partial charge on any atom is -0.475 e. The van der Waals surface area contributed by atoms with Crippen LogP contribution >= 0.6 is 0 Å². The molecule has 27 heavy (non-hydrogen) atoms. The van der Waals surface area contributed by atoms with Crippen LogP contribution in [0.2, 0.25) is 0 Å². The molecule has 1 saturated heterocycles. The standard InChI is InChI=1S/C17H17N3.C2HF3O2/c1-2-5-12(6-3-1)13-8-9-14-16(11-13)20-17(19-14)15-7-4-10-18-15;3-2(4,5)1(6)7/h1-3,5-6,8-9,11,15,18H,4,7,10H2,(H,19,20);(H,6,7)/t15-;/m0./s1. The molecule has 0 unspecified atom stereocenters. The van der Waals surface area contributed by atoms with Crippen LogP contribution in [-0.4, -0.2) is 33.8 Å². The van der Waals surface area contributed by atoms with E-state index in [0.29, 0.717) is 6.04 Å². The van der Waals surface area contributed by atoms with Crippen LogP contribution in [0.1, 0.15) is 24.7 Å². The van der Waals surface area contributed by atoms with Gasteiger partial charge in [0.2, 0.25) is 0 Å². The Labute approximate surface area is 153 Å². The summed E-state index contributed by atoms with van der Waals surface area (Å²) in [7, 11) is 0. The van der Waals surface area contributed by atoms with Crippen molar-refractivity contribution in [1.82, 2.24) is 15.3 Å². The zero-order valence-electron chi connectivity index (χ0n) is 14.3. The Morgan fingerprint density at radius 2 is 1.81 bits per heavy atom. The monoisotopic (exact) mass is 377 g/mol.